The summed E-state index contributed by atoms with van der Waals surface area (Å²) < 4.78 is 0. The predicted octanol–water partition coefficient (Wildman–Crippen LogP) is 3.61. The molecule has 2 N–H and O–H groups in total. The van der Waals surface area contributed by atoms with E-state index in [0.717, 1.165) is 0 Å². The van der Waals surface area contributed by atoms with Gasteiger partial charge in [0, 0.05) is 11.8 Å². The Balaban J connectivity index is 0. The molecule has 0 aliphatic carbocycles. The van der Waals surface area contributed by atoms with Crippen LogP contribution in [0.4, 0.5) is 0 Å². The summed E-state index contributed by atoms with van der Waals surface area (Å²) in [6.45, 7) is 15.0. The molecule has 0 aliphatic heterocycles. The molecule has 0 aromatic heterocycles. The van der Waals surface area contributed by atoms with Gasteiger partial charge < -0.3 is 10.2 Å². The molecule has 0 heterocycles. The Morgan fingerprint density at radius 2 is 1.00 bits per heavy atom. The molecular weight excluding hydrogens is 248 g/mol. The van der Waals surface area contributed by atoms with Crippen LogP contribution in [0.2, 0.25) is 0 Å². The fourth-order valence-corrected chi connectivity index (χ4v) is 0.795. The van der Waals surface area contributed by atoms with Gasteiger partial charge in [0.1, 0.15) is 11.2 Å². The van der Waals surface area contributed by atoms with Crippen LogP contribution in [0.1, 0.15) is 68.2 Å². The van der Waals surface area contributed by atoms with Gasteiger partial charge >= 0.3 is 0 Å². The molecule has 0 aromatic rings. The Morgan fingerprint density at radius 3 is 1.15 bits per heavy atom. The second kappa shape index (κ2) is 9.87. The monoisotopic (exact) mass is 280 g/mol. The van der Waals surface area contributed by atoms with E-state index in [1.165, 1.54) is 12.8 Å². The highest BCUT2D eigenvalue weighted by Gasteiger charge is 2.10. The molecule has 2 nitrogen and oxygen atoms in total. The van der Waals surface area contributed by atoms with Gasteiger partial charge in [-0.25, -0.2) is 0 Å². The van der Waals surface area contributed by atoms with Crippen molar-refractivity contribution in [2.45, 2.75) is 79.4 Å². The molecule has 0 spiro atoms. The Bertz CT molecular complexity index is 329. The quantitative estimate of drug-likeness (QED) is 0.759. The molecule has 0 rings (SSSR count). The third kappa shape index (κ3) is 19.4. The van der Waals surface area contributed by atoms with Crippen LogP contribution in [-0.4, -0.2) is 21.4 Å². The van der Waals surface area contributed by atoms with E-state index in [9.17, 15) is 0 Å². The first kappa shape index (κ1) is 21.3. The van der Waals surface area contributed by atoms with E-state index in [1.807, 2.05) is 0 Å². The maximum Gasteiger partial charge on any atom is 0.120 e. The van der Waals surface area contributed by atoms with E-state index in [1.54, 1.807) is 27.7 Å². The van der Waals surface area contributed by atoms with Crippen molar-refractivity contribution in [3.8, 4) is 23.7 Å². The van der Waals surface area contributed by atoms with Crippen molar-refractivity contribution in [1.29, 1.82) is 0 Å². The van der Waals surface area contributed by atoms with Crippen molar-refractivity contribution in [3.63, 3.8) is 0 Å². The Morgan fingerprint density at radius 1 is 0.750 bits per heavy atom. The van der Waals surface area contributed by atoms with Gasteiger partial charge in [0.05, 0.1) is 0 Å². The Kier molecular flexibility index (Phi) is 10.5. The van der Waals surface area contributed by atoms with E-state index in [2.05, 4.69) is 51.4 Å². The average molecular weight is 280 g/mol. The molecule has 116 valence electrons. The molecular formula is C18H32O2. The Labute approximate surface area is 126 Å². The van der Waals surface area contributed by atoms with Gasteiger partial charge in [-0.15, -0.1) is 0 Å². The van der Waals surface area contributed by atoms with Crippen molar-refractivity contribution < 1.29 is 10.2 Å². The summed E-state index contributed by atoms with van der Waals surface area (Å²) in [4.78, 5) is 0. The third-order valence-corrected chi connectivity index (χ3v) is 2.48. The second-order valence-corrected chi connectivity index (χ2v) is 6.28. The smallest absolute Gasteiger partial charge is 0.120 e. The van der Waals surface area contributed by atoms with Crippen LogP contribution < -0.4 is 0 Å². The van der Waals surface area contributed by atoms with Crippen LogP contribution in [-0.2, 0) is 0 Å². The average Bonchev–Trinajstić information content (AvgIpc) is 2.32. The van der Waals surface area contributed by atoms with E-state index < -0.39 is 11.2 Å². The van der Waals surface area contributed by atoms with Gasteiger partial charge in [0.25, 0.3) is 0 Å². The lowest BCUT2D eigenvalue weighted by Crippen LogP contribution is -2.20. The summed E-state index contributed by atoms with van der Waals surface area (Å²) in [5.41, 5.74) is -2.03. The molecule has 0 saturated carbocycles. The van der Waals surface area contributed by atoms with Crippen LogP contribution in [0.25, 0.3) is 0 Å². The topological polar surface area (TPSA) is 40.5 Å². The molecule has 2 unspecified atom stereocenters. The van der Waals surface area contributed by atoms with E-state index in [-0.39, 0.29) is 0 Å². The van der Waals surface area contributed by atoms with Crippen LogP contribution in [0, 0.1) is 35.5 Å². The van der Waals surface area contributed by atoms with Crippen LogP contribution in [0.3, 0.4) is 0 Å². The van der Waals surface area contributed by atoms with E-state index >= 15 is 0 Å². The predicted molar refractivity (Wildman–Crippen MR) is 87.1 cm³/mol. The second-order valence-electron chi connectivity index (χ2n) is 6.28. The van der Waals surface area contributed by atoms with Gasteiger partial charge in [-0.1, -0.05) is 51.4 Å². The lowest BCUT2D eigenvalue weighted by molar-refractivity contribution is 0.131. The highest BCUT2D eigenvalue weighted by Crippen LogP contribution is 2.02. The molecule has 0 bridgehead atoms. The first-order chi connectivity index (χ1) is 8.91. The highest BCUT2D eigenvalue weighted by atomic mass is 16.3. The van der Waals surface area contributed by atoms with Crippen molar-refractivity contribution in [2.75, 3.05) is 0 Å². The van der Waals surface area contributed by atoms with Crippen molar-refractivity contribution in [2.24, 2.45) is 11.8 Å². The van der Waals surface area contributed by atoms with Crippen molar-refractivity contribution in [1.82, 2.24) is 0 Å². The van der Waals surface area contributed by atoms with Gasteiger partial charge in [-0.05, 0) is 40.5 Å². The molecule has 2 heteroatoms. The van der Waals surface area contributed by atoms with Crippen LogP contribution in [0.5, 0.6) is 0 Å². The lowest BCUT2D eigenvalue weighted by Gasteiger charge is -2.10. The molecule has 0 radical (unpaired) electrons. The normalized spacial score (nSPS) is 13.7. The van der Waals surface area contributed by atoms with Crippen molar-refractivity contribution in [3.05, 3.63) is 0 Å². The van der Waals surface area contributed by atoms with Crippen molar-refractivity contribution >= 4 is 0 Å². The van der Waals surface area contributed by atoms with E-state index in [4.69, 9.17) is 10.2 Å². The molecule has 0 aliphatic rings. The third-order valence-electron chi connectivity index (χ3n) is 2.48. The minimum Gasteiger partial charge on any atom is -0.378 e. The number of hydrogen-bond donors (Lipinski definition) is 2. The molecule has 0 aromatic carbocycles. The van der Waals surface area contributed by atoms with Gasteiger partial charge in [0.2, 0.25) is 0 Å². The van der Waals surface area contributed by atoms with Crippen LogP contribution >= 0.6 is 0 Å². The minimum absolute atomic E-state index is 0.578. The zero-order chi connectivity index (χ0) is 16.4. The summed E-state index contributed by atoms with van der Waals surface area (Å²) in [6.07, 6.45) is 2.34. The molecule has 20 heavy (non-hydrogen) atoms. The minimum atomic E-state index is -1.01. The van der Waals surface area contributed by atoms with Gasteiger partial charge in [-0.3, -0.25) is 0 Å². The van der Waals surface area contributed by atoms with Gasteiger partial charge in [0.15, 0.2) is 0 Å². The summed E-state index contributed by atoms with van der Waals surface area (Å²) in [5.74, 6) is 12.7. The first-order valence-corrected chi connectivity index (χ1v) is 7.41. The van der Waals surface area contributed by atoms with E-state index in [0.29, 0.717) is 11.8 Å². The maximum absolute atomic E-state index is 9.10. The first-order valence-electron chi connectivity index (χ1n) is 7.41. The van der Waals surface area contributed by atoms with Gasteiger partial charge in [-0.2, -0.15) is 0 Å². The Hall–Kier alpha value is -0.960. The highest BCUT2D eigenvalue weighted by molar-refractivity contribution is 5.16. The summed E-state index contributed by atoms with van der Waals surface area (Å²) in [7, 11) is 0. The summed E-state index contributed by atoms with van der Waals surface area (Å²) in [6, 6.07) is 0. The molecule has 0 amide bonds. The summed E-state index contributed by atoms with van der Waals surface area (Å²) in [5, 5.41) is 18.2. The standard InChI is InChI=1S/C10H18.C8H14O2/c1-5-9(3)7-8-10(4)6-2;1-7(2,9)5-6-8(3,4)10/h9-10H,5-6H2,1-4H3;9-10H,1-4H3. The molecule has 2 atom stereocenters. The zero-order valence-electron chi connectivity index (χ0n) is 14.5. The lowest BCUT2D eigenvalue weighted by atomic mass is 10.1. The fraction of sp³-hybridized carbons (Fsp3) is 0.778. The fourth-order valence-electron chi connectivity index (χ4n) is 0.795. The molecule has 0 saturated heterocycles. The number of rotatable bonds is 2. The number of hydrogen-bond acceptors (Lipinski definition) is 2. The molecule has 0 fully saturated rings. The summed E-state index contributed by atoms with van der Waals surface area (Å²) >= 11 is 0. The number of aliphatic hydroxyl groups is 2. The largest absolute Gasteiger partial charge is 0.378 e. The van der Waals surface area contributed by atoms with Crippen LogP contribution in [0.15, 0.2) is 0 Å². The maximum atomic E-state index is 9.10. The zero-order valence-corrected chi connectivity index (χ0v) is 14.5. The SMILES string of the molecule is CC(C)(O)C#CC(C)(C)O.CCC(C)C#CC(C)CC.